The maximum absolute atomic E-state index is 12.6. The zero-order chi connectivity index (χ0) is 21.1. The summed E-state index contributed by atoms with van der Waals surface area (Å²) in [6.07, 6.45) is 1.31. The standard InChI is InChI=1S/C22H21ClN2O4/c1-12(2)11-28-18-7-6-16-13(3)17(22(27)29-21(16)14(18)4)9-20(26)25-19-8-5-15(23)10-24-19/h5-8,10H,1,9,11H2,2-4H3,(H,24,25,26). The molecule has 0 bridgehead atoms. The van der Waals surface area contributed by atoms with Gasteiger partial charge >= 0.3 is 5.63 Å². The smallest absolute Gasteiger partial charge is 0.340 e. The molecule has 29 heavy (non-hydrogen) atoms. The Morgan fingerprint density at radius 1 is 1.24 bits per heavy atom. The van der Waals surface area contributed by atoms with Crippen molar-refractivity contribution in [3.63, 3.8) is 0 Å². The number of hydrogen-bond donors (Lipinski definition) is 1. The molecular weight excluding hydrogens is 392 g/mol. The van der Waals surface area contributed by atoms with Crippen molar-refractivity contribution in [3.05, 3.63) is 74.7 Å². The molecule has 0 spiro atoms. The number of ether oxygens (including phenoxy) is 1. The number of hydrogen-bond acceptors (Lipinski definition) is 5. The van der Waals surface area contributed by atoms with Gasteiger partial charge in [0, 0.05) is 17.1 Å². The molecule has 1 amide bonds. The summed E-state index contributed by atoms with van der Waals surface area (Å²) in [5.41, 5.74) is 2.53. The van der Waals surface area contributed by atoms with Gasteiger partial charge in [-0.15, -0.1) is 0 Å². The van der Waals surface area contributed by atoms with Gasteiger partial charge in [-0.2, -0.15) is 0 Å². The van der Waals surface area contributed by atoms with E-state index in [1.54, 1.807) is 19.1 Å². The number of carbonyl (C=O) groups excluding carboxylic acids is 1. The second kappa shape index (κ2) is 8.49. The Kier molecular flexibility index (Phi) is 6.03. The van der Waals surface area contributed by atoms with Gasteiger partial charge in [-0.1, -0.05) is 18.2 Å². The number of benzene rings is 1. The SMILES string of the molecule is C=C(C)COc1ccc2c(C)c(CC(=O)Nc3ccc(Cl)cn3)c(=O)oc2c1C. The molecule has 0 atom stereocenters. The maximum atomic E-state index is 12.6. The molecular formula is C22H21ClN2O4. The molecule has 6 nitrogen and oxygen atoms in total. The summed E-state index contributed by atoms with van der Waals surface area (Å²) in [7, 11) is 0. The van der Waals surface area contributed by atoms with Gasteiger partial charge in [-0.25, -0.2) is 9.78 Å². The van der Waals surface area contributed by atoms with Crippen LogP contribution < -0.4 is 15.7 Å². The molecule has 0 radical (unpaired) electrons. The first-order valence-electron chi connectivity index (χ1n) is 9.00. The number of fused-ring (bicyclic) bond motifs is 1. The highest BCUT2D eigenvalue weighted by atomic mass is 35.5. The van der Waals surface area contributed by atoms with Crippen LogP contribution in [0.5, 0.6) is 5.75 Å². The normalized spacial score (nSPS) is 10.8. The van der Waals surface area contributed by atoms with Crippen molar-refractivity contribution in [1.29, 1.82) is 0 Å². The van der Waals surface area contributed by atoms with Crippen LogP contribution in [0.1, 0.15) is 23.6 Å². The third-order valence-electron chi connectivity index (χ3n) is 4.46. The molecule has 3 rings (SSSR count). The van der Waals surface area contributed by atoms with E-state index in [0.29, 0.717) is 39.9 Å². The number of anilines is 1. The zero-order valence-corrected chi connectivity index (χ0v) is 17.2. The van der Waals surface area contributed by atoms with E-state index in [1.807, 2.05) is 26.0 Å². The molecule has 0 fully saturated rings. The Balaban J connectivity index is 1.90. The summed E-state index contributed by atoms with van der Waals surface area (Å²) in [4.78, 5) is 29.0. The van der Waals surface area contributed by atoms with Gasteiger partial charge in [-0.3, -0.25) is 4.79 Å². The molecule has 0 unspecified atom stereocenters. The molecule has 0 aliphatic heterocycles. The fraction of sp³-hybridized carbons (Fsp3) is 0.227. The summed E-state index contributed by atoms with van der Waals surface area (Å²) in [6, 6.07) is 6.87. The lowest BCUT2D eigenvalue weighted by molar-refractivity contribution is -0.115. The van der Waals surface area contributed by atoms with Crippen LogP contribution >= 0.6 is 11.6 Å². The van der Waals surface area contributed by atoms with Gasteiger partial charge in [0.15, 0.2) is 0 Å². The number of pyridine rings is 1. The third kappa shape index (κ3) is 4.66. The minimum atomic E-state index is -0.547. The average Bonchev–Trinajstić information content (AvgIpc) is 2.67. The first kappa shape index (κ1) is 20.6. The number of nitrogens with zero attached hydrogens (tertiary/aromatic N) is 1. The molecule has 7 heteroatoms. The van der Waals surface area contributed by atoms with E-state index in [9.17, 15) is 9.59 Å². The van der Waals surface area contributed by atoms with Crippen molar-refractivity contribution in [2.24, 2.45) is 0 Å². The number of halogens is 1. The molecule has 0 aliphatic rings. The molecule has 2 heterocycles. The first-order chi connectivity index (χ1) is 13.8. The van der Waals surface area contributed by atoms with Crippen molar-refractivity contribution in [2.45, 2.75) is 27.2 Å². The Morgan fingerprint density at radius 2 is 2.00 bits per heavy atom. The predicted molar refractivity (Wildman–Crippen MR) is 114 cm³/mol. The number of aromatic nitrogens is 1. The molecule has 1 aromatic carbocycles. The first-order valence-corrected chi connectivity index (χ1v) is 9.38. The van der Waals surface area contributed by atoms with Gasteiger partial charge in [0.1, 0.15) is 23.8 Å². The second-order valence-corrected chi connectivity index (χ2v) is 7.33. The molecule has 0 aliphatic carbocycles. The number of nitrogens with one attached hydrogen (secondary N) is 1. The monoisotopic (exact) mass is 412 g/mol. The van der Waals surface area contributed by atoms with Crippen molar-refractivity contribution < 1.29 is 13.9 Å². The van der Waals surface area contributed by atoms with E-state index in [0.717, 1.165) is 16.5 Å². The summed E-state index contributed by atoms with van der Waals surface area (Å²) in [6.45, 7) is 9.70. The van der Waals surface area contributed by atoms with Crippen LogP contribution in [0, 0.1) is 13.8 Å². The number of rotatable bonds is 6. The molecule has 0 saturated heterocycles. The van der Waals surface area contributed by atoms with Gasteiger partial charge in [-0.05, 0) is 56.2 Å². The Bertz CT molecular complexity index is 1150. The minimum Gasteiger partial charge on any atom is -0.489 e. The van der Waals surface area contributed by atoms with E-state index in [-0.39, 0.29) is 12.3 Å². The van der Waals surface area contributed by atoms with Gasteiger partial charge in [0.25, 0.3) is 0 Å². The highest BCUT2D eigenvalue weighted by Crippen LogP contribution is 2.29. The molecule has 3 aromatic rings. The summed E-state index contributed by atoms with van der Waals surface area (Å²) >= 11 is 5.79. The van der Waals surface area contributed by atoms with Crippen molar-refractivity contribution in [1.82, 2.24) is 4.98 Å². The number of aryl methyl sites for hydroxylation is 2. The summed E-state index contributed by atoms with van der Waals surface area (Å²) in [5.74, 6) is 0.618. The summed E-state index contributed by atoms with van der Waals surface area (Å²) in [5, 5.41) is 3.88. The largest absolute Gasteiger partial charge is 0.489 e. The molecule has 150 valence electrons. The van der Waals surface area contributed by atoms with Crippen LogP contribution in [0.15, 0.2) is 51.8 Å². The molecule has 2 aromatic heterocycles. The Labute approximate surface area is 173 Å². The maximum Gasteiger partial charge on any atom is 0.340 e. The van der Waals surface area contributed by atoms with E-state index in [4.69, 9.17) is 20.8 Å². The van der Waals surface area contributed by atoms with Gasteiger partial charge in [0.05, 0.1) is 17.0 Å². The Morgan fingerprint density at radius 3 is 2.66 bits per heavy atom. The fourth-order valence-corrected chi connectivity index (χ4v) is 3.04. The van der Waals surface area contributed by atoms with Crippen LogP contribution in [-0.2, 0) is 11.2 Å². The van der Waals surface area contributed by atoms with Gasteiger partial charge < -0.3 is 14.5 Å². The van der Waals surface area contributed by atoms with Crippen LogP contribution in [0.3, 0.4) is 0 Å². The van der Waals surface area contributed by atoms with E-state index < -0.39 is 5.63 Å². The lowest BCUT2D eigenvalue weighted by atomic mass is 10.0. The predicted octanol–water partition coefficient (Wildman–Crippen LogP) is 4.59. The Hall–Kier alpha value is -3.12. The number of carbonyl (C=O) groups is 1. The molecule has 0 saturated carbocycles. The van der Waals surface area contributed by atoms with Crippen LogP contribution in [0.25, 0.3) is 11.0 Å². The topological polar surface area (TPSA) is 81.4 Å². The van der Waals surface area contributed by atoms with Crippen LogP contribution in [0.4, 0.5) is 5.82 Å². The fourth-order valence-electron chi connectivity index (χ4n) is 2.93. The zero-order valence-electron chi connectivity index (χ0n) is 16.5. The highest BCUT2D eigenvalue weighted by Gasteiger charge is 2.18. The van der Waals surface area contributed by atoms with Crippen molar-refractivity contribution >= 4 is 34.3 Å². The number of amides is 1. The van der Waals surface area contributed by atoms with E-state index >= 15 is 0 Å². The second-order valence-electron chi connectivity index (χ2n) is 6.89. The van der Waals surface area contributed by atoms with E-state index in [2.05, 4.69) is 16.9 Å². The van der Waals surface area contributed by atoms with Crippen LogP contribution in [0.2, 0.25) is 5.02 Å². The van der Waals surface area contributed by atoms with Crippen molar-refractivity contribution in [3.8, 4) is 5.75 Å². The van der Waals surface area contributed by atoms with Gasteiger partial charge in [0.2, 0.25) is 5.91 Å². The lowest BCUT2D eigenvalue weighted by Crippen LogP contribution is -2.21. The summed E-state index contributed by atoms with van der Waals surface area (Å²) < 4.78 is 11.3. The van der Waals surface area contributed by atoms with Crippen molar-refractivity contribution in [2.75, 3.05) is 11.9 Å². The lowest BCUT2D eigenvalue weighted by Gasteiger charge is -2.13. The highest BCUT2D eigenvalue weighted by molar-refractivity contribution is 6.30. The quantitative estimate of drug-likeness (QED) is 0.473. The molecule has 1 N–H and O–H groups in total. The van der Waals surface area contributed by atoms with Crippen LogP contribution in [-0.4, -0.2) is 17.5 Å². The third-order valence-corrected chi connectivity index (χ3v) is 4.68. The minimum absolute atomic E-state index is 0.124. The average molecular weight is 413 g/mol. The van der Waals surface area contributed by atoms with E-state index in [1.165, 1.54) is 6.20 Å².